The van der Waals surface area contributed by atoms with Crippen LogP contribution in [0.15, 0.2) is 0 Å². The summed E-state index contributed by atoms with van der Waals surface area (Å²) in [6.07, 6.45) is 0.893. The van der Waals surface area contributed by atoms with Crippen LogP contribution in [-0.4, -0.2) is 35.2 Å². The van der Waals surface area contributed by atoms with Gasteiger partial charge in [0.1, 0.15) is 0 Å². The molecule has 1 aliphatic heterocycles. The van der Waals surface area contributed by atoms with Gasteiger partial charge in [-0.2, -0.15) is 0 Å². The van der Waals surface area contributed by atoms with Crippen molar-refractivity contribution in [2.75, 3.05) is 19.6 Å². The summed E-state index contributed by atoms with van der Waals surface area (Å²) >= 11 is 0. The minimum Gasteiger partial charge on any atom is -0.389 e. The van der Waals surface area contributed by atoms with Gasteiger partial charge in [-0.15, -0.1) is 0 Å². The Morgan fingerprint density at radius 2 is 1.69 bits per heavy atom. The van der Waals surface area contributed by atoms with Crippen molar-refractivity contribution in [1.29, 1.82) is 0 Å². The van der Waals surface area contributed by atoms with Gasteiger partial charge in [0.15, 0.2) is 0 Å². The lowest BCUT2D eigenvalue weighted by molar-refractivity contribution is -0.0529. The second-order valence-corrected chi connectivity index (χ2v) is 7.35. The number of nitrogens with zero attached hydrogens (tertiary/aromatic N) is 1. The summed E-state index contributed by atoms with van der Waals surface area (Å²) < 4.78 is 0. The predicted molar refractivity (Wildman–Crippen MR) is 69.5 cm³/mol. The molecular weight excluding hydrogens is 198 g/mol. The first-order valence-electron chi connectivity index (χ1n) is 6.55. The second-order valence-electron chi connectivity index (χ2n) is 7.35. The van der Waals surface area contributed by atoms with Crippen molar-refractivity contribution < 1.29 is 5.11 Å². The van der Waals surface area contributed by atoms with Crippen molar-refractivity contribution in [3.05, 3.63) is 0 Å². The largest absolute Gasteiger partial charge is 0.389 e. The fourth-order valence-electron chi connectivity index (χ4n) is 2.67. The van der Waals surface area contributed by atoms with Crippen LogP contribution in [0, 0.1) is 17.3 Å². The van der Waals surface area contributed by atoms with E-state index in [4.69, 9.17) is 0 Å². The molecule has 0 aromatic carbocycles. The van der Waals surface area contributed by atoms with Crippen LogP contribution in [0.25, 0.3) is 0 Å². The van der Waals surface area contributed by atoms with Crippen molar-refractivity contribution in [2.45, 2.75) is 53.6 Å². The van der Waals surface area contributed by atoms with Gasteiger partial charge in [-0.05, 0) is 30.6 Å². The molecule has 1 fully saturated rings. The quantitative estimate of drug-likeness (QED) is 0.798. The Kier molecular flexibility index (Phi) is 4.07. The van der Waals surface area contributed by atoms with E-state index >= 15 is 0 Å². The second kappa shape index (κ2) is 4.66. The molecule has 0 saturated carbocycles. The van der Waals surface area contributed by atoms with E-state index in [2.05, 4.69) is 39.5 Å². The lowest BCUT2D eigenvalue weighted by Crippen LogP contribution is -2.56. The van der Waals surface area contributed by atoms with E-state index in [0.29, 0.717) is 11.3 Å². The first-order valence-corrected chi connectivity index (χ1v) is 6.55. The summed E-state index contributed by atoms with van der Waals surface area (Å²) in [4.78, 5) is 2.39. The zero-order chi connectivity index (χ0) is 12.6. The molecule has 2 nitrogen and oxygen atoms in total. The van der Waals surface area contributed by atoms with E-state index in [1.165, 1.54) is 0 Å². The molecule has 1 rings (SSSR count). The number of aliphatic hydroxyl groups is 1. The van der Waals surface area contributed by atoms with Gasteiger partial charge in [-0.3, -0.25) is 4.90 Å². The highest BCUT2D eigenvalue weighted by molar-refractivity contribution is 4.91. The maximum absolute atomic E-state index is 10.3. The molecule has 0 aromatic rings. The molecule has 2 heteroatoms. The van der Waals surface area contributed by atoms with Crippen molar-refractivity contribution in [3.8, 4) is 0 Å². The fraction of sp³-hybridized carbons (Fsp3) is 1.00. The molecule has 1 heterocycles. The first kappa shape index (κ1) is 14.0. The zero-order valence-electron chi connectivity index (χ0n) is 11.9. The molecule has 1 unspecified atom stereocenters. The van der Waals surface area contributed by atoms with Gasteiger partial charge in [-0.25, -0.2) is 0 Å². The smallest absolute Gasteiger partial charge is 0.0748 e. The van der Waals surface area contributed by atoms with E-state index in [-0.39, 0.29) is 0 Å². The number of rotatable bonds is 4. The molecule has 1 N–H and O–H groups in total. The summed E-state index contributed by atoms with van der Waals surface area (Å²) in [5.41, 5.74) is -0.0998. The van der Waals surface area contributed by atoms with Crippen LogP contribution in [0.5, 0.6) is 0 Å². The number of hydrogen-bond donors (Lipinski definition) is 1. The van der Waals surface area contributed by atoms with Gasteiger partial charge >= 0.3 is 0 Å². The van der Waals surface area contributed by atoms with E-state index < -0.39 is 5.60 Å². The first-order chi connectivity index (χ1) is 7.10. The lowest BCUT2D eigenvalue weighted by Gasteiger charge is -2.48. The zero-order valence-corrected chi connectivity index (χ0v) is 11.9. The van der Waals surface area contributed by atoms with E-state index in [1.807, 2.05) is 6.92 Å². The van der Waals surface area contributed by atoms with Crippen LogP contribution in [-0.2, 0) is 0 Å². The van der Waals surface area contributed by atoms with Gasteiger partial charge in [0.05, 0.1) is 5.60 Å². The Morgan fingerprint density at radius 1 is 1.19 bits per heavy atom. The molecule has 1 saturated heterocycles. The highest BCUT2D eigenvalue weighted by Crippen LogP contribution is 2.34. The molecular formula is C14H29NO. The molecule has 0 spiro atoms. The summed E-state index contributed by atoms with van der Waals surface area (Å²) in [5.74, 6) is 1.36. The van der Waals surface area contributed by atoms with E-state index in [9.17, 15) is 5.11 Å². The molecule has 1 aliphatic rings. The van der Waals surface area contributed by atoms with Gasteiger partial charge in [-0.1, -0.05) is 34.6 Å². The Balaban J connectivity index is 2.32. The van der Waals surface area contributed by atoms with Gasteiger partial charge in [0, 0.05) is 19.6 Å². The van der Waals surface area contributed by atoms with Crippen LogP contribution in [0.2, 0.25) is 0 Å². The third-order valence-electron chi connectivity index (χ3n) is 3.59. The van der Waals surface area contributed by atoms with Crippen LogP contribution in [0.1, 0.15) is 48.0 Å². The Hall–Kier alpha value is -0.0800. The van der Waals surface area contributed by atoms with Gasteiger partial charge < -0.3 is 5.11 Å². The minimum atomic E-state index is -0.517. The predicted octanol–water partition coefficient (Wildman–Crippen LogP) is 2.76. The standard InChI is InChI=1S/C14H29NO/c1-11(2)7-14(6,16)10-15-8-12(9-15)13(3,4)5/h11-12,16H,7-10H2,1-6H3. The third-order valence-corrected chi connectivity index (χ3v) is 3.59. The summed E-state index contributed by atoms with van der Waals surface area (Å²) in [6, 6.07) is 0. The van der Waals surface area contributed by atoms with Crippen molar-refractivity contribution in [2.24, 2.45) is 17.3 Å². The summed E-state index contributed by atoms with van der Waals surface area (Å²) in [5, 5.41) is 10.3. The lowest BCUT2D eigenvalue weighted by atomic mass is 9.75. The van der Waals surface area contributed by atoms with Crippen LogP contribution >= 0.6 is 0 Å². The molecule has 96 valence electrons. The topological polar surface area (TPSA) is 23.5 Å². The van der Waals surface area contributed by atoms with Gasteiger partial charge in [0.2, 0.25) is 0 Å². The molecule has 0 aromatic heterocycles. The Morgan fingerprint density at radius 3 is 2.06 bits per heavy atom. The van der Waals surface area contributed by atoms with Crippen molar-refractivity contribution in [3.63, 3.8) is 0 Å². The Bertz CT molecular complexity index is 221. The SMILES string of the molecule is CC(C)CC(C)(O)CN1CC(C(C)(C)C)C1. The number of likely N-dealkylation sites (tertiary alicyclic amines) is 1. The average molecular weight is 227 g/mol. The number of hydrogen-bond acceptors (Lipinski definition) is 2. The average Bonchev–Trinajstić information content (AvgIpc) is 1.90. The maximum Gasteiger partial charge on any atom is 0.0748 e. The highest BCUT2D eigenvalue weighted by Gasteiger charge is 2.38. The van der Waals surface area contributed by atoms with Crippen LogP contribution in [0.3, 0.4) is 0 Å². The summed E-state index contributed by atoms with van der Waals surface area (Å²) in [7, 11) is 0. The summed E-state index contributed by atoms with van der Waals surface area (Å²) in [6.45, 7) is 16.4. The fourth-order valence-corrected chi connectivity index (χ4v) is 2.67. The molecule has 16 heavy (non-hydrogen) atoms. The highest BCUT2D eigenvalue weighted by atomic mass is 16.3. The normalized spacial score (nSPS) is 23.2. The number of β-amino-alcohol motifs (C(OH)–C–C–N with tert-alkyl or cyclic N) is 1. The molecule has 0 radical (unpaired) electrons. The minimum absolute atomic E-state index is 0.417. The monoisotopic (exact) mass is 227 g/mol. The van der Waals surface area contributed by atoms with Crippen LogP contribution < -0.4 is 0 Å². The van der Waals surface area contributed by atoms with E-state index in [1.54, 1.807) is 0 Å². The van der Waals surface area contributed by atoms with Crippen LogP contribution in [0.4, 0.5) is 0 Å². The van der Waals surface area contributed by atoms with Crippen molar-refractivity contribution in [1.82, 2.24) is 4.90 Å². The van der Waals surface area contributed by atoms with E-state index in [0.717, 1.165) is 32.0 Å². The van der Waals surface area contributed by atoms with Crippen molar-refractivity contribution >= 4 is 0 Å². The molecule has 0 amide bonds. The Labute approximate surface area is 101 Å². The van der Waals surface area contributed by atoms with Gasteiger partial charge in [0.25, 0.3) is 0 Å². The molecule has 0 bridgehead atoms. The third kappa shape index (κ3) is 4.06. The maximum atomic E-state index is 10.3. The molecule has 0 aliphatic carbocycles. The molecule has 1 atom stereocenters.